The molecule has 36 heavy (non-hydrogen) atoms. The monoisotopic (exact) mass is 485 g/mol. The van der Waals surface area contributed by atoms with Crippen LogP contribution in [0.4, 0.5) is 5.69 Å². The second-order valence-electron chi connectivity index (χ2n) is 9.44. The Labute approximate surface area is 211 Å². The highest BCUT2D eigenvalue weighted by molar-refractivity contribution is 6.51. The van der Waals surface area contributed by atoms with Crippen molar-refractivity contribution in [2.45, 2.75) is 46.8 Å². The average Bonchev–Trinajstić information content (AvgIpc) is 3.08. The minimum atomic E-state index is -0.829. The average molecular weight is 486 g/mol. The molecule has 1 unspecified atom stereocenters. The fourth-order valence-electron chi connectivity index (χ4n) is 4.72. The summed E-state index contributed by atoms with van der Waals surface area (Å²) in [6, 6.07) is 17.4. The van der Waals surface area contributed by atoms with Gasteiger partial charge in [-0.05, 0) is 99.3 Å². The number of hydrogen-bond donors (Lipinski definition) is 1. The number of rotatable bonds is 6. The summed E-state index contributed by atoms with van der Waals surface area (Å²) < 4.78 is 11.2. The molecule has 3 aromatic rings. The van der Waals surface area contributed by atoms with Crippen molar-refractivity contribution in [3.8, 4) is 11.5 Å². The summed E-state index contributed by atoms with van der Waals surface area (Å²) in [5, 5.41) is 11.4. The Morgan fingerprint density at radius 1 is 0.944 bits per heavy atom. The molecule has 4 rings (SSSR count). The SMILES string of the molecule is COc1ccc(/C(O)=C2\C(=O)C(=O)N(c3cc(C)cc(C)c3)C2c2cccc(OC(C)C)c2)cc1C. The van der Waals surface area contributed by atoms with E-state index in [2.05, 4.69) is 0 Å². The first-order valence-corrected chi connectivity index (χ1v) is 11.9. The number of benzene rings is 3. The molecule has 1 N–H and O–H groups in total. The summed E-state index contributed by atoms with van der Waals surface area (Å²) in [5.41, 5.74) is 4.46. The summed E-state index contributed by atoms with van der Waals surface area (Å²) in [7, 11) is 1.57. The number of nitrogens with zero attached hydrogens (tertiary/aromatic N) is 1. The maximum Gasteiger partial charge on any atom is 0.300 e. The van der Waals surface area contributed by atoms with Crippen molar-refractivity contribution in [3.05, 3.63) is 94.1 Å². The number of aliphatic hydroxyl groups is 1. The first-order valence-electron chi connectivity index (χ1n) is 11.9. The molecule has 1 saturated heterocycles. The molecule has 1 amide bonds. The maximum absolute atomic E-state index is 13.5. The molecule has 186 valence electrons. The van der Waals surface area contributed by atoms with E-state index >= 15 is 0 Å². The number of amides is 1. The highest BCUT2D eigenvalue weighted by Crippen LogP contribution is 2.43. The third kappa shape index (κ3) is 4.71. The van der Waals surface area contributed by atoms with E-state index in [1.807, 2.05) is 77.1 Å². The van der Waals surface area contributed by atoms with E-state index in [9.17, 15) is 14.7 Å². The number of aliphatic hydroxyl groups excluding tert-OH is 1. The van der Waals surface area contributed by atoms with Crippen molar-refractivity contribution >= 4 is 23.1 Å². The topological polar surface area (TPSA) is 76.1 Å². The second kappa shape index (κ2) is 9.90. The smallest absolute Gasteiger partial charge is 0.300 e. The standard InChI is InChI=1S/C30H31NO5/c1-17(2)36-24-9-7-8-21(16-24)27-26(28(32)22-10-11-25(35-6)20(5)15-22)29(33)30(34)31(27)23-13-18(3)12-19(4)14-23/h7-17,27,32H,1-6H3/b28-26+. The van der Waals surface area contributed by atoms with Crippen LogP contribution in [0.25, 0.3) is 5.76 Å². The highest BCUT2D eigenvalue weighted by Gasteiger charge is 2.47. The van der Waals surface area contributed by atoms with Gasteiger partial charge in [-0.3, -0.25) is 14.5 Å². The summed E-state index contributed by atoms with van der Waals surface area (Å²) in [4.78, 5) is 28.4. The van der Waals surface area contributed by atoms with Crippen molar-refractivity contribution in [2.75, 3.05) is 12.0 Å². The first-order chi connectivity index (χ1) is 17.1. The Hall–Kier alpha value is -4.06. The van der Waals surface area contributed by atoms with Gasteiger partial charge in [-0.25, -0.2) is 0 Å². The van der Waals surface area contributed by atoms with Gasteiger partial charge >= 0.3 is 0 Å². The van der Waals surface area contributed by atoms with Crippen molar-refractivity contribution in [3.63, 3.8) is 0 Å². The molecular formula is C30H31NO5. The van der Waals surface area contributed by atoms with Crippen LogP contribution in [0.5, 0.6) is 11.5 Å². The van der Waals surface area contributed by atoms with Gasteiger partial charge in [-0.1, -0.05) is 18.2 Å². The Morgan fingerprint density at radius 3 is 2.25 bits per heavy atom. The zero-order valence-electron chi connectivity index (χ0n) is 21.5. The van der Waals surface area contributed by atoms with Gasteiger partial charge in [0, 0.05) is 11.3 Å². The van der Waals surface area contributed by atoms with Gasteiger partial charge in [-0.15, -0.1) is 0 Å². The lowest BCUT2D eigenvalue weighted by molar-refractivity contribution is -0.132. The van der Waals surface area contributed by atoms with Crippen molar-refractivity contribution < 1.29 is 24.2 Å². The number of carbonyl (C=O) groups is 2. The van der Waals surface area contributed by atoms with E-state index in [1.54, 1.807) is 25.3 Å². The van der Waals surface area contributed by atoms with Gasteiger partial charge in [0.15, 0.2) is 0 Å². The van der Waals surface area contributed by atoms with Crippen LogP contribution in [-0.2, 0) is 9.59 Å². The lowest BCUT2D eigenvalue weighted by Crippen LogP contribution is -2.29. The van der Waals surface area contributed by atoms with Crippen molar-refractivity contribution in [1.82, 2.24) is 0 Å². The number of hydrogen-bond acceptors (Lipinski definition) is 5. The molecule has 3 aromatic carbocycles. The minimum Gasteiger partial charge on any atom is -0.507 e. The van der Waals surface area contributed by atoms with E-state index in [4.69, 9.17) is 9.47 Å². The third-order valence-corrected chi connectivity index (χ3v) is 6.14. The molecule has 1 atom stereocenters. The number of Topliss-reactive ketones (excluding diaryl/α,β-unsaturated/α-hetero) is 1. The molecule has 1 aliphatic rings. The van der Waals surface area contributed by atoms with Crippen LogP contribution in [0.1, 0.15) is 47.7 Å². The molecule has 0 aliphatic carbocycles. The van der Waals surface area contributed by atoms with Gasteiger partial charge in [-0.2, -0.15) is 0 Å². The molecule has 1 aliphatic heterocycles. The number of carbonyl (C=O) groups excluding carboxylic acids is 2. The second-order valence-corrected chi connectivity index (χ2v) is 9.44. The zero-order valence-corrected chi connectivity index (χ0v) is 21.5. The van der Waals surface area contributed by atoms with Gasteiger partial charge in [0.2, 0.25) is 0 Å². The Morgan fingerprint density at radius 2 is 1.64 bits per heavy atom. The Balaban J connectivity index is 1.95. The molecule has 0 saturated carbocycles. The van der Waals surface area contributed by atoms with Gasteiger partial charge < -0.3 is 14.6 Å². The largest absolute Gasteiger partial charge is 0.507 e. The highest BCUT2D eigenvalue weighted by atomic mass is 16.5. The fourth-order valence-corrected chi connectivity index (χ4v) is 4.72. The lowest BCUT2D eigenvalue weighted by atomic mass is 9.94. The summed E-state index contributed by atoms with van der Waals surface area (Å²) in [6.07, 6.45) is -0.0479. The first kappa shape index (κ1) is 25.0. The maximum atomic E-state index is 13.5. The molecule has 0 aromatic heterocycles. The van der Waals surface area contributed by atoms with Crippen molar-refractivity contribution in [1.29, 1.82) is 0 Å². The zero-order chi connectivity index (χ0) is 26.1. The van der Waals surface area contributed by atoms with Crippen LogP contribution in [-0.4, -0.2) is 30.0 Å². The fraction of sp³-hybridized carbons (Fsp3) is 0.267. The predicted octanol–water partition coefficient (Wildman–Crippen LogP) is 6.03. The number of anilines is 1. The normalized spacial score (nSPS) is 17.1. The van der Waals surface area contributed by atoms with Gasteiger partial charge in [0.25, 0.3) is 11.7 Å². The summed E-state index contributed by atoms with van der Waals surface area (Å²) >= 11 is 0. The van der Waals surface area contributed by atoms with E-state index in [1.165, 1.54) is 4.90 Å². The molecule has 0 radical (unpaired) electrons. The third-order valence-electron chi connectivity index (χ3n) is 6.14. The molecule has 1 fully saturated rings. The predicted molar refractivity (Wildman–Crippen MR) is 141 cm³/mol. The van der Waals surface area contributed by atoms with Gasteiger partial charge in [0.1, 0.15) is 17.3 Å². The van der Waals surface area contributed by atoms with Crippen LogP contribution < -0.4 is 14.4 Å². The summed E-state index contributed by atoms with van der Waals surface area (Å²) in [6.45, 7) is 9.60. The van der Waals surface area contributed by atoms with Crippen LogP contribution >= 0.6 is 0 Å². The number of aryl methyl sites for hydroxylation is 3. The number of ketones is 1. The Kier molecular flexibility index (Phi) is 6.88. The van der Waals surface area contributed by atoms with Crippen LogP contribution in [0.2, 0.25) is 0 Å². The van der Waals surface area contributed by atoms with Crippen LogP contribution in [0.3, 0.4) is 0 Å². The Bertz CT molecular complexity index is 1350. The van der Waals surface area contributed by atoms with E-state index in [0.717, 1.165) is 16.7 Å². The molecule has 6 nitrogen and oxygen atoms in total. The van der Waals surface area contributed by atoms with E-state index in [0.29, 0.717) is 28.3 Å². The molecule has 0 bridgehead atoms. The summed E-state index contributed by atoms with van der Waals surface area (Å²) in [5.74, 6) is -0.371. The van der Waals surface area contributed by atoms with Crippen LogP contribution in [0, 0.1) is 20.8 Å². The van der Waals surface area contributed by atoms with Crippen LogP contribution in [0.15, 0.2) is 66.2 Å². The lowest BCUT2D eigenvalue weighted by Gasteiger charge is -2.26. The molecule has 6 heteroatoms. The molecule has 0 spiro atoms. The number of methoxy groups -OCH3 is 1. The van der Waals surface area contributed by atoms with E-state index < -0.39 is 17.7 Å². The molecular weight excluding hydrogens is 454 g/mol. The minimum absolute atomic E-state index is 0.0328. The number of ether oxygens (including phenoxy) is 2. The molecule has 1 heterocycles. The van der Waals surface area contributed by atoms with Gasteiger partial charge in [0.05, 0.1) is 24.8 Å². The van der Waals surface area contributed by atoms with E-state index in [-0.39, 0.29) is 17.4 Å². The quantitative estimate of drug-likeness (QED) is 0.262. The van der Waals surface area contributed by atoms with Crippen molar-refractivity contribution in [2.24, 2.45) is 0 Å².